The van der Waals surface area contributed by atoms with Gasteiger partial charge in [0.25, 0.3) is 0 Å². The highest BCUT2D eigenvalue weighted by molar-refractivity contribution is 5.95. The van der Waals surface area contributed by atoms with Crippen molar-refractivity contribution in [3.63, 3.8) is 0 Å². The summed E-state index contributed by atoms with van der Waals surface area (Å²) in [6, 6.07) is 8.84. The highest BCUT2D eigenvalue weighted by Gasteiger charge is 2.51. The van der Waals surface area contributed by atoms with E-state index in [0.717, 1.165) is 23.3 Å². The molecule has 1 aromatic rings. The summed E-state index contributed by atoms with van der Waals surface area (Å²) in [5.41, 5.74) is 2.16. The first-order valence-corrected chi connectivity index (χ1v) is 10.5. The van der Waals surface area contributed by atoms with E-state index in [1.54, 1.807) is 6.92 Å². The molecule has 4 aliphatic carbocycles. The first-order chi connectivity index (χ1) is 13.5. The standard InChI is InChI=1S/C23H28N2O3/c1-14-19(20(25-22(27)24-14)18-5-3-2-4-6-18)21(26)28-13-23-10-15-7-16(11-23)9-17(8-15)12-23/h2-6,15-17,20H,7-13H2,1H3,(H2,24,25,27). The fourth-order valence-corrected chi connectivity index (χ4v) is 6.62. The molecule has 1 heterocycles. The van der Waals surface area contributed by atoms with E-state index in [1.165, 1.54) is 38.5 Å². The molecule has 1 atom stereocenters. The average Bonchev–Trinajstić information content (AvgIpc) is 2.65. The largest absolute Gasteiger partial charge is 0.462 e. The molecule has 2 N–H and O–H groups in total. The van der Waals surface area contributed by atoms with Gasteiger partial charge in [-0.05, 0) is 68.8 Å². The van der Waals surface area contributed by atoms with Gasteiger partial charge < -0.3 is 15.4 Å². The number of amides is 2. The van der Waals surface area contributed by atoms with Crippen LogP contribution in [0.5, 0.6) is 0 Å². The number of benzene rings is 1. The lowest BCUT2D eigenvalue weighted by atomic mass is 9.50. The highest BCUT2D eigenvalue weighted by atomic mass is 16.5. The number of nitrogens with one attached hydrogen (secondary N) is 2. The zero-order chi connectivity index (χ0) is 19.3. The topological polar surface area (TPSA) is 67.4 Å². The molecule has 6 rings (SSSR count). The maximum absolute atomic E-state index is 13.1. The lowest BCUT2D eigenvalue weighted by Gasteiger charge is -2.56. The van der Waals surface area contributed by atoms with Gasteiger partial charge in [-0.25, -0.2) is 9.59 Å². The second-order valence-electron chi connectivity index (χ2n) is 9.47. The van der Waals surface area contributed by atoms with Crippen molar-refractivity contribution in [2.75, 3.05) is 6.61 Å². The number of allylic oxidation sites excluding steroid dienone is 1. The molecular formula is C23H28N2O3. The van der Waals surface area contributed by atoms with Crippen LogP contribution in [-0.2, 0) is 9.53 Å². The van der Waals surface area contributed by atoms with E-state index in [-0.39, 0.29) is 17.4 Å². The van der Waals surface area contributed by atoms with Crippen LogP contribution >= 0.6 is 0 Å². The van der Waals surface area contributed by atoms with Gasteiger partial charge in [0.2, 0.25) is 0 Å². The van der Waals surface area contributed by atoms with Crippen molar-refractivity contribution in [3.05, 3.63) is 47.2 Å². The van der Waals surface area contributed by atoms with Gasteiger partial charge in [-0.3, -0.25) is 0 Å². The van der Waals surface area contributed by atoms with Crippen molar-refractivity contribution >= 4 is 12.0 Å². The van der Waals surface area contributed by atoms with Gasteiger partial charge in [0.1, 0.15) is 0 Å². The summed E-state index contributed by atoms with van der Waals surface area (Å²) in [5.74, 6) is 2.19. The fraction of sp³-hybridized carbons (Fsp3) is 0.565. The summed E-state index contributed by atoms with van der Waals surface area (Å²) < 4.78 is 5.94. The molecule has 148 valence electrons. The molecule has 5 nitrogen and oxygen atoms in total. The zero-order valence-electron chi connectivity index (χ0n) is 16.4. The molecule has 1 aliphatic heterocycles. The lowest BCUT2D eigenvalue weighted by molar-refractivity contribution is -0.151. The minimum Gasteiger partial charge on any atom is -0.462 e. The third-order valence-corrected chi connectivity index (χ3v) is 7.30. The molecule has 0 spiro atoms. The second kappa shape index (κ2) is 6.64. The van der Waals surface area contributed by atoms with Crippen molar-refractivity contribution in [3.8, 4) is 0 Å². The maximum atomic E-state index is 13.1. The summed E-state index contributed by atoms with van der Waals surface area (Å²) in [4.78, 5) is 25.1. The molecule has 1 aromatic carbocycles. The molecule has 1 unspecified atom stereocenters. The minimum absolute atomic E-state index is 0.187. The Kier molecular flexibility index (Phi) is 4.22. The normalized spacial score (nSPS) is 36.1. The van der Waals surface area contributed by atoms with E-state index in [4.69, 9.17) is 4.74 Å². The van der Waals surface area contributed by atoms with Crippen LogP contribution in [0, 0.1) is 23.2 Å². The molecule has 2 amide bonds. The molecule has 4 saturated carbocycles. The van der Waals surface area contributed by atoms with Gasteiger partial charge in [-0.1, -0.05) is 30.3 Å². The number of hydrogen-bond donors (Lipinski definition) is 2. The van der Waals surface area contributed by atoms with Gasteiger partial charge in [-0.2, -0.15) is 0 Å². The summed E-state index contributed by atoms with van der Waals surface area (Å²) in [6.45, 7) is 2.29. The predicted octanol–water partition coefficient (Wildman–Crippen LogP) is 4.07. The third-order valence-electron chi connectivity index (χ3n) is 7.30. The number of ether oxygens (including phenoxy) is 1. The summed E-state index contributed by atoms with van der Waals surface area (Å²) >= 11 is 0. The first kappa shape index (κ1) is 17.8. The Balaban J connectivity index is 1.35. The first-order valence-electron chi connectivity index (χ1n) is 10.5. The summed E-state index contributed by atoms with van der Waals surface area (Å²) in [7, 11) is 0. The van der Waals surface area contributed by atoms with E-state index in [0.29, 0.717) is 17.9 Å². The van der Waals surface area contributed by atoms with E-state index in [1.807, 2.05) is 30.3 Å². The molecule has 4 fully saturated rings. The van der Waals surface area contributed by atoms with Gasteiger partial charge in [0, 0.05) is 11.1 Å². The molecular weight excluding hydrogens is 352 g/mol. The van der Waals surface area contributed by atoms with E-state index in [2.05, 4.69) is 10.6 Å². The van der Waals surface area contributed by atoms with Gasteiger partial charge in [-0.15, -0.1) is 0 Å². The monoisotopic (exact) mass is 380 g/mol. The van der Waals surface area contributed by atoms with E-state index in [9.17, 15) is 9.59 Å². The molecule has 5 aliphatic rings. The van der Waals surface area contributed by atoms with Crippen LogP contribution in [0.15, 0.2) is 41.6 Å². The number of hydrogen-bond acceptors (Lipinski definition) is 3. The van der Waals surface area contributed by atoms with Crippen molar-refractivity contribution in [1.82, 2.24) is 10.6 Å². The maximum Gasteiger partial charge on any atom is 0.338 e. The fourth-order valence-electron chi connectivity index (χ4n) is 6.62. The molecule has 0 radical (unpaired) electrons. The Bertz CT molecular complexity index is 794. The molecule has 5 heteroatoms. The number of carbonyl (C=O) groups excluding carboxylic acids is 2. The Morgan fingerprint density at radius 2 is 1.68 bits per heavy atom. The van der Waals surface area contributed by atoms with Crippen LogP contribution in [0.4, 0.5) is 4.79 Å². The molecule has 4 bridgehead atoms. The van der Waals surface area contributed by atoms with Crippen LogP contribution in [0.25, 0.3) is 0 Å². The van der Waals surface area contributed by atoms with Crippen LogP contribution < -0.4 is 10.6 Å². The van der Waals surface area contributed by atoms with E-state index < -0.39 is 6.04 Å². The van der Waals surface area contributed by atoms with Gasteiger partial charge in [0.15, 0.2) is 0 Å². The van der Waals surface area contributed by atoms with Gasteiger partial charge in [0.05, 0.1) is 18.2 Å². The number of esters is 1. The highest BCUT2D eigenvalue weighted by Crippen LogP contribution is 2.60. The molecule has 28 heavy (non-hydrogen) atoms. The SMILES string of the molecule is CC1=C(C(=O)OCC23CC4CC(CC(C4)C2)C3)C(c2ccccc2)NC(=O)N1. The van der Waals surface area contributed by atoms with Crippen LogP contribution in [0.2, 0.25) is 0 Å². The minimum atomic E-state index is -0.473. The van der Waals surface area contributed by atoms with E-state index >= 15 is 0 Å². The Hall–Kier alpha value is -2.30. The quantitative estimate of drug-likeness (QED) is 0.774. The van der Waals surface area contributed by atoms with Crippen molar-refractivity contribution in [1.29, 1.82) is 0 Å². The summed E-state index contributed by atoms with van der Waals surface area (Å²) in [5, 5.41) is 5.61. The molecule has 0 saturated heterocycles. The van der Waals surface area contributed by atoms with Crippen molar-refractivity contribution in [2.45, 2.75) is 51.5 Å². The number of urea groups is 1. The Morgan fingerprint density at radius 3 is 2.29 bits per heavy atom. The van der Waals surface area contributed by atoms with Crippen LogP contribution in [-0.4, -0.2) is 18.6 Å². The smallest absolute Gasteiger partial charge is 0.338 e. The lowest BCUT2D eigenvalue weighted by Crippen LogP contribution is -2.49. The average molecular weight is 380 g/mol. The van der Waals surface area contributed by atoms with Crippen molar-refractivity contribution in [2.24, 2.45) is 23.2 Å². The number of carbonyl (C=O) groups is 2. The predicted molar refractivity (Wildman–Crippen MR) is 105 cm³/mol. The van der Waals surface area contributed by atoms with Crippen LogP contribution in [0.1, 0.15) is 57.1 Å². The molecule has 0 aromatic heterocycles. The third kappa shape index (κ3) is 3.11. The number of rotatable bonds is 4. The zero-order valence-corrected chi connectivity index (χ0v) is 16.4. The van der Waals surface area contributed by atoms with Gasteiger partial charge >= 0.3 is 12.0 Å². The summed E-state index contributed by atoms with van der Waals surface area (Å²) in [6.07, 6.45) is 7.76. The van der Waals surface area contributed by atoms with Crippen LogP contribution in [0.3, 0.4) is 0 Å². The second-order valence-corrected chi connectivity index (χ2v) is 9.47. The Labute approximate surface area is 165 Å². The Morgan fingerprint density at radius 1 is 1.07 bits per heavy atom. The van der Waals surface area contributed by atoms with Crippen molar-refractivity contribution < 1.29 is 14.3 Å².